The maximum atomic E-state index is 12.1. The molecule has 2 atom stereocenters. The van der Waals surface area contributed by atoms with E-state index in [0.29, 0.717) is 5.92 Å². The number of hydrogen-bond acceptors (Lipinski definition) is 3. The van der Waals surface area contributed by atoms with Crippen LogP contribution in [0.3, 0.4) is 0 Å². The lowest BCUT2D eigenvalue weighted by atomic mass is 9.90. The first-order chi connectivity index (χ1) is 7.71. The highest BCUT2D eigenvalue weighted by atomic mass is 35.5. The first-order valence-electron chi connectivity index (χ1n) is 6.32. The second-order valence-electron chi connectivity index (χ2n) is 5.16. The van der Waals surface area contributed by atoms with E-state index < -0.39 is 0 Å². The van der Waals surface area contributed by atoms with Gasteiger partial charge >= 0.3 is 0 Å². The fourth-order valence-corrected chi connectivity index (χ4v) is 2.43. The number of halogens is 1. The van der Waals surface area contributed by atoms with Gasteiger partial charge in [-0.15, -0.1) is 12.4 Å². The van der Waals surface area contributed by atoms with Crippen molar-refractivity contribution in [3.8, 4) is 0 Å². The Bertz CT molecular complexity index is 249. The van der Waals surface area contributed by atoms with Gasteiger partial charge in [0, 0.05) is 19.1 Å². The number of piperidine rings is 1. The molecule has 0 aromatic rings. The maximum Gasteiger partial charge on any atom is 0.240 e. The van der Waals surface area contributed by atoms with Crippen LogP contribution in [0.1, 0.15) is 32.6 Å². The summed E-state index contributed by atoms with van der Waals surface area (Å²) in [5.41, 5.74) is -0.349. The Morgan fingerprint density at radius 3 is 2.94 bits per heavy atom. The van der Waals surface area contributed by atoms with Gasteiger partial charge in [-0.3, -0.25) is 4.79 Å². The zero-order valence-corrected chi connectivity index (χ0v) is 11.3. The molecule has 2 fully saturated rings. The molecule has 2 aliphatic rings. The highest BCUT2D eigenvalue weighted by Gasteiger charge is 2.34. The highest BCUT2D eigenvalue weighted by molar-refractivity contribution is 5.86. The van der Waals surface area contributed by atoms with E-state index in [1.807, 2.05) is 6.92 Å². The van der Waals surface area contributed by atoms with Gasteiger partial charge in [0.2, 0.25) is 5.91 Å². The summed E-state index contributed by atoms with van der Waals surface area (Å²) in [6.07, 6.45) is 4.34. The number of carbonyl (C=O) groups excluding carboxylic acids is 1. The Morgan fingerprint density at radius 1 is 1.53 bits per heavy atom. The average molecular weight is 263 g/mol. The van der Waals surface area contributed by atoms with Crippen LogP contribution < -0.4 is 10.6 Å². The molecule has 2 heterocycles. The number of nitrogens with one attached hydrogen (secondary N) is 2. The molecule has 2 saturated heterocycles. The molecule has 0 radical (unpaired) electrons. The van der Waals surface area contributed by atoms with E-state index >= 15 is 0 Å². The van der Waals surface area contributed by atoms with Gasteiger partial charge in [-0.05, 0) is 39.2 Å². The molecule has 0 aromatic carbocycles. The largest absolute Gasteiger partial charge is 0.381 e. The summed E-state index contributed by atoms with van der Waals surface area (Å²) in [5.74, 6) is 0.662. The zero-order chi connectivity index (χ0) is 11.4. The van der Waals surface area contributed by atoms with E-state index in [0.717, 1.165) is 45.6 Å². The number of amides is 1. The quantitative estimate of drug-likeness (QED) is 0.801. The SMILES string of the molecule is CC1(C(=O)NCC2CCOC2)CCCCN1.Cl. The van der Waals surface area contributed by atoms with Gasteiger partial charge in [0.15, 0.2) is 0 Å². The number of rotatable bonds is 3. The van der Waals surface area contributed by atoms with E-state index in [2.05, 4.69) is 10.6 Å². The number of ether oxygens (including phenoxy) is 1. The minimum Gasteiger partial charge on any atom is -0.381 e. The number of hydrogen-bond donors (Lipinski definition) is 2. The summed E-state index contributed by atoms with van der Waals surface area (Å²) >= 11 is 0. The molecule has 0 aromatic heterocycles. The molecule has 0 saturated carbocycles. The molecule has 17 heavy (non-hydrogen) atoms. The molecular weight excluding hydrogens is 240 g/mol. The van der Waals surface area contributed by atoms with Gasteiger partial charge in [-0.2, -0.15) is 0 Å². The summed E-state index contributed by atoms with van der Waals surface area (Å²) in [6.45, 7) is 5.36. The zero-order valence-electron chi connectivity index (χ0n) is 10.5. The Balaban J connectivity index is 0.00000144. The van der Waals surface area contributed by atoms with Crippen LogP contribution in [-0.2, 0) is 9.53 Å². The molecule has 5 heteroatoms. The first-order valence-corrected chi connectivity index (χ1v) is 6.32. The number of carbonyl (C=O) groups is 1. The van der Waals surface area contributed by atoms with Crippen molar-refractivity contribution in [1.29, 1.82) is 0 Å². The lowest BCUT2D eigenvalue weighted by Crippen LogP contribution is -2.57. The maximum absolute atomic E-state index is 12.1. The predicted octanol–water partition coefficient (Wildman–Crippen LogP) is 1.09. The third-order valence-corrected chi connectivity index (χ3v) is 3.70. The lowest BCUT2D eigenvalue weighted by Gasteiger charge is -2.33. The van der Waals surface area contributed by atoms with Crippen LogP contribution in [0.15, 0.2) is 0 Å². The van der Waals surface area contributed by atoms with Crippen LogP contribution >= 0.6 is 12.4 Å². The van der Waals surface area contributed by atoms with Crippen molar-refractivity contribution in [2.75, 3.05) is 26.3 Å². The molecule has 100 valence electrons. The van der Waals surface area contributed by atoms with E-state index in [-0.39, 0.29) is 23.9 Å². The average Bonchev–Trinajstić information content (AvgIpc) is 2.79. The second kappa shape index (κ2) is 6.57. The van der Waals surface area contributed by atoms with E-state index in [1.54, 1.807) is 0 Å². The van der Waals surface area contributed by atoms with Crippen molar-refractivity contribution in [1.82, 2.24) is 10.6 Å². The van der Waals surface area contributed by atoms with Crippen molar-refractivity contribution in [3.63, 3.8) is 0 Å². The highest BCUT2D eigenvalue weighted by Crippen LogP contribution is 2.19. The third kappa shape index (κ3) is 3.83. The fraction of sp³-hybridized carbons (Fsp3) is 0.917. The van der Waals surface area contributed by atoms with Crippen molar-refractivity contribution >= 4 is 18.3 Å². The molecule has 2 N–H and O–H groups in total. The van der Waals surface area contributed by atoms with Gasteiger partial charge in [0.1, 0.15) is 0 Å². The Hall–Kier alpha value is -0.320. The molecule has 2 unspecified atom stereocenters. The minimum atomic E-state index is -0.349. The minimum absolute atomic E-state index is 0. The molecule has 0 bridgehead atoms. The van der Waals surface area contributed by atoms with Gasteiger partial charge in [0.25, 0.3) is 0 Å². The Labute approximate surface area is 109 Å². The molecule has 0 spiro atoms. The molecular formula is C12H23ClN2O2. The second-order valence-corrected chi connectivity index (χ2v) is 5.16. The van der Waals surface area contributed by atoms with Crippen molar-refractivity contribution in [3.05, 3.63) is 0 Å². The molecule has 1 amide bonds. The van der Waals surface area contributed by atoms with E-state index in [1.165, 1.54) is 6.42 Å². The fourth-order valence-electron chi connectivity index (χ4n) is 2.43. The standard InChI is InChI=1S/C12H22N2O2.ClH/c1-12(5-2-3-6-14-12)11(15)13-8-10-4-7-16-9-10;/h10,14H,2-9H2,1H3,(H,13,15);1H. The van der Waals surface area contributed by atoms with Crippen molar-refractivity contribution < 1.29 is 9.53 Å². The van der Waals surface area contributed by atoms with Gasteiger partial charge < -0.3 is 15.4 Å². The molecule has 2 rings (SSSR count). The van der Waals surface area contributed by atoms with Crippen molar-refractivity contribution in [2.24, 2.45) is 5.92 Å². The summed E-state index contributed by atoms with van der Waals surface area (Å²) in [4.78, 5) is 12.1. The third-order valence-electron chi connectivity index (χ3n) is 3.70. The monoisotopic (exact) mass is 262 g/mol. The van der Waals surface area contributed by atoms with Crippen LogP contribution in [0.5, 0.6) is 0 Å². The molecule has 0 aliphatic carbocycles. The summed E-state index contributed by atoms with van der Waals surface area (Å²) in [6, 6.07) is 0. The Kier molecular flexibility index (Phi) is 5.70. The van der Waals surface area contributed by atoms with Crippen molar-refractivity contribution in [2.45, 2.75) is 38.1 Å². The topological polar surface area (TPSA) is 50.4 Å². The summed E-state index contributed by atoms with van der Waals surface area (Å²) in [7, 11) is 0. The van der Waals surface area contributed by atoms with Gasteiger partial charge in [0.05, 0.1) is 12.1 Å². The van der Waals surface area contributed by atoms with Gasteiger partial charge in [-0.25, -0.2) is 0 Å². The van der Waals surface area contributed by atoms with Crippen LogP contribution in [0.2, 0.25) is 0 Å². The summed E-state index contributed by atoms with van der Waals surface area (Å²) < 4.78 is 5.29. The molecule has 2 aliphatic heterocycles. The van der Waals surface area contributed by atoms with Crippen LogP contribution in [0.4, 0.5) is 0 Å². The summed E-state index contributed by atoms with van der Waals surface area (Å²) in [5, 5.41) is 6.38. The van der Waals surface area contributed by atoms with Gasteiger partial charge in [-0.1, -0.05) is 0 Å². The normalized spacial score (nSPS) is 32.9. The molecule has 4 nitrogen and oxygen atoms in total. The van der Waals surface area contributed by atoms with Crippen LogP contribution in [0.25, 0.3) is 0 Å². The lowest BCUT2D eigenvalue weighted by molar-refractivity contribution is -0.128. The van der Waals surface area contributed by atoms with E-state index in [9.17, 15) is 4.79 Å². The van der Waals surface area contributed by atoms with E-state index in [4.69, 9.17) is 4.74 Å². The first kappa shape index (κ1) is 14.7. The predicted molar refractivity (Wildman–Crippen MR) is 69.4 cm³/mol. The Morgan fingerprint density at radius 2 is 2.35 bits per heavy atom. The van der Waals surface area contributed by atoms with Crippen LogP contribution in [0, 0.1) is 5.92 Å². The smallest absolute Gasteiger partial charge is 0.240 e. The van der Waals surface area contributed by atoms with Crippen LogP contribution in [-0.4, -0.2) is 37.7 Å².